The van der Waals surface area contributed by atoms with E-state index in [1.165, 1.54) is 205 Å². The summed E-state index contributed by atoms with van der Waals surface area (Å²) in [6.45, 7) is 8.90. The van der Waals surface area contributed by atoms with Gasteiger partial charge in [0.15, 0.2) is 11.5 Å². The minimum atomic E-state index is 0.771. The summed E-state index contributed by atoms with van der Waals surface area (Å²) in [7, 11) is 0. The summed E-state index contributed by atoms with van der Waals surface area (Å²) in [5.41, 5.74) is 6.90. The fourth-order valence-electron chi connectivity index (χ4n) is 7.29. The summed E-state index contributed by atoms with van der Waals surface area (Å²) in [5, 5.41) is 3.66. The van der Waals surface area contributed by atoms with Gasteiger partial charge >= 0.3 is 0 Å². The molecule has 0 bridgehead atoms. The predicted molar refractivity (Wildman–Crippen MR) is 245 cm³/mol. The van der Waals surface area contributed by atoms with Gasteiger partial charge < -0.3 is 20.5 Å². The highest BCUT2D eigenvalue weighted by molar-refractivity contribution is 5.43. The van der Waals surface area contributed by atoms with Crippen molar-refractivity contribution in [2.24, 2.45) is 5.73 Å². The lowest BCUT2D eigenvalue weighted by atomic mass is 10.1. The Labute approximate surface area is 344 Å². The lowest BCUT2D eigenvalue weighted by Crippen LogP contribution is -2.15. The third kappa shape index (κ3) is 36.3. The summed E-state index contributed by atoms with van der Waals surface area (Å²) in [6.07, 6.45) is 54.4. The smallest absolute Gasteiger partial charge is 0.161 e. The van der Waals surface area contributed by atoms with Gasteiger partial charge in [-0.3, -0.25) is 0 Å². The van der Waals surface area contributed by atoms with Gasteiger partial charge in [-0.05, 0) is 108 Å². The fraction of sp³-hybridized carbons (Fsp3) is 0.804. The molecule has 1 aromatic rings. The molecule has 1 aromatic carbocycles. The Kier molecular flexibility index (Phi) is 40.4. The van der Waals surface area contributed by atoms with E-state index in [1.54, 1.807) is 0 Å². The zero-order valence-electron chi connectivity index (χ0n) is 37.0. The van der Waals surface area contributed by atoms with E-state index in [4.69, 9.17) is 15.2 Å². The SMILES string of the molecule is CCCCCCCC/C=C/CCCCCCCCOc1ccc(CNCCCCCCCCN)cc1OCCCCCCCC/C=C/CCCCCCCC. The molecule has 0 amide bonds. The Morgan fingerprint density at radius 1 is 0.436 bits per heavy atom. The molecule has 0 unspecified atom stereocenters. The number of benzene rings is 1. The van der Waals surface area contributed by atoms with Gasteiger partial charge in [0.25, 0.3) is 0 Å². The highest BCUT2D eigenvalue weighted by Gasteiger charge is 2.08. The maximum Gasteiger partial charge on any atom is 0.161 e. The van der Waals surface area contributed by atoms with Crippen LogP contribution in [0.2, 0.25) is 0 Å². The van der Waals surface area contributed by atoms with Crippen molar-refractivity contribution in [2.75, 3.05) is 26.3 Å². The van der Waals surface area contributed by atoms with E-state index in [1.807, 2.05) is 0 Å². The number of rotatable bonds is 44. The summed E-state index contributed by atoms with van der Waals surface area (Å²) >= 11 is 0. The molecule has 0 aromatic heterocycles. The Morgan fingerprint density at radius 3 is 1.27 bits per heavy atom. The molecule has 0 aliphatic carbocycles. The van der Waals surface area contributed by atoms with Crippen LogP contribution < -0.4 is 20.5 Å². The number of hydrogen-bond acceptors (Lipinski definition) is 4. The first kappa shape index (κ1) is 51.2. The van der Waals surface area contributed by atoms with Crippen LogP contribution in [0.5, 0.6) is 11.5 Å². The Bertz CT molecular complexity index is 960. The van der Waals surface area contributed by atoms with Crippen LogP contribution in [0, 0.1) is 0 Å². The minimum Gasteiger partial charge on any atom is -0.490 e. The quantitative estimate of drug-likeness (QED) is 0.0513. The number of hydrogen-bond donors (Lipinski definition) is 2. The van der Waals surface area contributed by atoms with Crippen molar-refractivity contribution >= 4 is 0 Å². The summed E-state index contributed by atoms with van der Waals surface area (Å²) in [5.74, 6) is 1.84. The summed E-state index contributed by atoms with van der Waals surface area (Å²) in [4.78, 5) is 0. The van der Waals surface area contributed by atoms with Crippen molar-refractivity contribution in [2.45, 2.75) is 239 Å². The van der Waals surface area contributed by atoms with Crippen molar-refractivity contribution < 1.29 is 9.47 Å². The van der Waals surface area contributed by atoms with Gasteiger partial charge in [-0.25, -0.2) is 0 Å². The lowest BCUT2D eigenvalue weighted by Gasteiger charge is -2.15. The number of ether oxygens (including phenoxy) is 2. The Hall–Kier alpha value is -1.78. The van der Waals surface area contributed by atoms with Crippen molar-refractivity contribution in [3.8, 4) is 11.5 Å². The average molecular weight is 767 g/mol. The molecular formula is C51H94N2O2. The Morgan fingerprint density at radius 2 is 0.818 bits per heavy atom. The van der Waals surface area contributed by atoms with E-state index in [9.17, 15) is 0 Å². The molecule has 0 aliphatic rings. The van der Waals surface area contributed by atoms with Crippen LogP contribution in [-0.4, -0.2) is 26.3 Å². The van der Waals surface area contributed by atoms with Crippen molar-refractivity contribution in [3.05, 3.63) is 48.1 Å². The van der Waals surface area contributed by atoms with Crippen LogP contribution >= 0.6 is 0 Å². The zero-order chi connectivity index (χ0) is 39.4. The van der Waals surface area contributed by atoms with Crippen LogP contribution in [0.25, 0.3) is 0 Å². The van der Waals surface area contributed by atoms with Crippen molar-refractivity contribution in [1.29, 1.82) is 0 Å². The second-order valence-corrected chi connectivity index (χ2v) is 16.4. The highest BCUT2D eigenvalue weighted by Crippen LogP contribution is 2.29. The maximum absolute atomic E-state index is 6.40. The van der Waals surface area contributed by atoms with E-state index >= 15 is 0 Å². The first-order valence-corrected chi connectivity index (χ1v) is 24.4. The van der Waals surface area contributed by atoms with E-state index in [0.717, 1.165) is 63.6 Å². The molecule has 0 saturated carbocycles. The molecule has 0 spiro atoms. The Balaban J connectivity index is 2.28. The molecule has 0 atom stereocenters. The first-order chi connectivity index (χ1) is 27.3. The van der Waals surface area contributed by atoms with Crippen molar-refractivity contribution in [3.63, 3.8) is 0 Å². The van der Waals surface area contributed by atoms with Gasteiger partial charge in [-0.2, -0.15) is 0 Å². The zero-order valence-corrected chi connectivity index (χ0v) is 37.0. The van der Waals surface area contributed by atoms with Crippen LogP contribution in [-0.2, 0) is 6.54 Å². The third-order valence-electron chi connectivity index (χ3n) is 11.0. The van der Waals surface area contributed by atoms with Crippen LogP contribution in [0.1, 0.15) is 238 Å². The molecule has 3 N–H and O–H groups in total. The standard InChI is InChI=1S/C51H94N2O2/c1-3-5-7-9-11-13-15-17-19-21-23-25-27-31-35-39-45-54-50-42-41-49(48-53-44-38-34-30-29-33-37-43-52)47-51(50)55-46-40-36-32-28-26-24-22-20-18-16-14-12-10-8-6-4-2/h17-20,41-42,47,53H,3-16,21-40,43-46,48,52H2,1-2H3/b19-17+,20-18+. The van der Waals surface area contributed by atoms with Gasteiger partial charge in [0, 0.05) is 6.54 Å². The second kappa shape index (κ2) is 43.3. The molecule has 0 heterocycles. The molecule has 0 aliphatic heterocycles. The second-order valence-electron chi connectivity index (χ2n) is 16.4. The van der Waals surface area contributed by atoms with E-state index in [0.29, 0.717) is 0 Å². The topological polar surface area (TPSA) is 56.5 Å². The van der Waals surface area contributed by atoms with Gasteiger partial charge in [0.2, 0.25) is 0 Å². The minimum absolute atomic E-state index is 0.771. The maximum atomic E-state index is 6.40. The largest absolute Gasteiger partial charge is 0.490 e. The molecule has 0 saturated heterocycles. The number of nitrogens with one attached hydrogen (secondary N) is 1. The van der Waals surface area contributed by atoms with Crippen LogP contribution in [0.4, 0.5) is 0 Å². The molecule has 320 valence electrons. The van der Waals surface area contributed by atoms with Crippen LogP contribution in [0.15, 0.2) is 42.5 Å². The van der Waals surface area contributed by atoms with Crippen molar-refractivity contribution in [1.82, 2.24) is 5.32 Å². The first-order valence-electron chi connectivity index (χ1n) is 24.4. The average Bonchev–Trinajstić information content (AvgIpc) is 3.20. The normalized spacial score (nSPS) is 11.8. The monoisotopic (exact) mass is 767 g/mol. The molecular weight excluding hydrogens is 673 g/mol. The van der Waals surface area contributed by atoms with E-state index in [2.05, 4.69) is 61.7 Å². The number of allylic oxidation sites excluding steroid dienone is 4. The van der Waals surface area contributed by atoms with E-state index in [-0.39, 0.29) is 0 Å². The lowest BCUT2D eigenvalue weighted by molar-refractivity contribution is 0.258. The van der Waals surface area contributed by atoms with Crippen LogP contribution in [0.3, 0.4) is 0 Å². The summed E-state index contributed by atoms with van der Waals surface area (Å²) in [6, 6.07) is 6.58. The fourth-order valence-corrected chi connectivity index (χ4v) is 7.29. The van der Waals surface area contributed by atoms with Gasteiger partial charge in [0.05, 0.1) is 13.2 Å². The molecule has 0 radical (unpaired) electrons. The molecule has 4 nitrogen and oxygen atoms in total. The van der Waals surface area contributed by atoms with E-state index < -0.39 is 0 Å². The highest BCUT2D eigenvalue weighted by atomic mass is 16.5. The molecule has 1 rings (SSSR count). The van der Waals surface area contributed by atoms with Gasteiger partial charge in [-0.1, -0.05) is 185 Å². The molecule has 4 heteroatoms. The third-order valence-corrected chi connectivity index (χ3v) is 11.0. The summed E-state index contributed by atoms with van der Waals surface area (Å²) < 4.78 is 12.7. The van der Waals surface area contributed by atoms with Gasteiger partial charge in [0.1, 0.15) is 0 Å². The molecule has 0 fully saturated rings. The molecule has 55 heavy (non-hydrogen) atoms. The number of nitrogens with two attached hydrogens (primary N) is 1. The number of unbranched alkanes of at least 4 members (excludes halogenated alkanes) is 29. The predicted octanol–water partition coefficient (Wildman–Crippen LogP) is 15.9. The van der Waals surface area contributed by atoms with Gasteiger partial charge in [-0.15, -0.1) is 0 Å².